The molecule has 0 unspecified atom stereocenters. The van der Waals surface area contributed by atoms with Crippen molar-refractivity contribution in [2.45, 2.75) is 55.1 Å². The van der Waals surface area contributed by atoms with E-state index in [0.717, 1.165) is 85.0 Å². The molecule has 6 heterocycles. The van der Waals surface area contributed by atoms with Crippen molar-refractivity contribution in [3.8, 4) is 45.3 Å². The Kier molecular flexibility index (Phi) is 15.2. The molecule has 2 amide bonds. The molecular weight excluding hydrogens is 1010 g/mol. The first-order chi connectivity index (χ1) is 37.0. The van der Waals surface area contributed by atoms with Gasteiger partial charge in [0.25, 0.3) is 0 Å². The van der Waals surface area contributed by atoms with Gasteiger partial charge in [0.15, 0.2) is 23.0 Å². The molecule has 2 saturated heterocycles. The van der Waals surface area contributed by atoms with Crippen LogP contribution in [0, 0.1) is 0 Å². The number of hydrogen-bond donors (Lipinski definition) is 0. The number of fused-ring (bicyclic) bond motifs is 4. The number of benzene rings is 6. The van der Waals surface area contributed by atoms with Crippen LogP contribution in [-0.2, 0) is 64.3 Å². The van der Waals surface area contributed by atoms with Crippen molar-refractivity contribution >= 4 is 59.3 Å². The lowest BCUT2D eigenvalue weighted by atomic mass is 9.96. The lowest BCUT2D eigenvalue weighted by Crippen LogP contribution is -2.39. The highest BCUT2D eigenvalue weighted by atomic mass is 32.2. The number of carbonyl (C=O) groups is 2. The van der Waals surface area contributed by atoms with Crippen molar-refractivity contribution < 1.29 is 58.2 Å². The Hall–Kier alpha value is -6.25. The Morgan fingerprint density at radius 1 is 0.413 bits per heavy atom. The summed E-state index contributed by atoms with van der Waals surface area (Å²) in [5.74, 6) is 2.63. The minimum atomic E-state index is -0.0673. The molecule has 0 aliphatic carbocycles. The predicted octanol–water partition coefficient (Wildman–Crippen LogP) is 10.7. The van der Waals surface area contributed by atoms with E-state index >= 15 is 0 Å². The summed E-state index contributed by atoms with van der Waals surface area (Å²) in [6, 6.07) is 33.4. The van der Waals surface area contributed by atoms with Crippen LogP contribution >= 0.6 is 35.3 Å². The van der Waals surface area contributed by atoms with Crippen LogP contribution in [0.1, 0.15) is 33.4 Å². The Morgan fingerprint density at radius 3 is 1.19 bits per heavy atom. The molecule has 14 nitrogen and oxygen atoms in total. The molecule has 75 heavy (non-hydrogen) atoms. The van der Waals surface area contributed by atoms with Gasteiger partial charge in [0, 0.05) is 127 Å². The summed E-state index contributed by atoms with van der Waals surface area (Å²) < 4.78 is 11.1. The highest BCUT2D eigenvalue weighted by Gasteiger charge is 2.26. The van der Waals surface area contributed by atoms with Crippen LogP contribution in [0.25, 0.3) is 34.4 Å². The van der Waals surface area contributed by atoms with Crippen LogP contribution in [0.5, 0.6) is 23.0 Å². The van der Waals surface area contributed by atoms with Gasteiger partial charge >= 0.3 is 0 Å². The van der Waals surface area contributed by atoms with Gasteiger partial charge in [-0.05, 0) is 107 Å². The summed E-state index contributed by atoms with van der Waals surface area (Å²) in [5.41, 5.74) is 9.81. The number of amides is 2. The van der Waals surface area contributed by atoms with Gasteiger partial charge in [0.2, 0.25) is 11.8 Å². The molecule has 17 heteroatoms. The van der Waals surface area contributed by atoms with Crippen LogP contribution in [-0.4, -0.2) is 101 Å². The zero-order valence-electron chi connectivity index (χ0n) is 40.9. The van der Waals surface area contributed by atoms with E-state index < -0.39 is 0 Å². The van der Waals surface area contributed by atoms with E-state index in [-0.39, 0.29) is 11.8 Å². The fourth-order valence-corrected chi connectivity index (χ4v) is 13.2. The highest BCUT2D eigenvalue weighted by Crippen LogP contribution is 2.52. The number of ether oxygens (including phenoxy) is 2. The first kappa shape index (κ1) is 49.6. The first-order valence-electron chi connectivity index (χ1n) is 25.1. The lowest BCUT2D eigenvalue weighted by Gasteiger charge is -2.26. The van der Waals surface area contributed by atoms with E-state index in [4.69, 9.17) is 48.6 Å². The molecule has 0 saturated carbocycles. The molecule has 0 radical (unpaired) electrons. The van der Waals surface area contributed by atoms with Gasteiger partial charge in [-0.1, -0.05) is 59.6 Å². The second-order valence-corrected chi connectivity index (χ2v) is 21.6. The van der Waals surface area contributed by atoms with Crippen LogP contribution in [0.3, 0.4) is 0 Å². The third-order valence-electron chi connectivity index (χ3n) is 13.6. The van der Waals surface area contributed by atoms with Crippen molar-refractivity contribution in [3.05, 3.63) is 143 Å². The van der Waals surface area contributed by atoms with Crippen molar-refractivity contribution in [2.75, 3.05) is 79.0 Å². The van der Waals surface area contributed by atoms with Crippen molar-refractivity contribution in [3.63, 3.8) is 0 Å². The van der Waals surface area contributed by atoms with Crippen LogP contribution in [0.4, 0.5) is 0 Å². The Labute approximate surface area is 446 Å². The highest BCUT2D eigenvalue weighted by molar-refractivity contribution is 8.03. The maximum Gasteiger partial charge on any atom is 0.246 e. The minimum absolute atomic E-state index is 0.0673. The average Bonchev–Trinajstić information content (AvgIpc) is 3.47. The molecule has 6 aromatic carbocycles. The van der Waals surface area contributed by atoms with Gasteiger partial charge in [-0.2, -0.15) is 19.6 Å². The van der Waals surface area contributed by atoms with E-state index in [0.29, 0.717) is 128 Å². The van der Waals surface area contributed by atoms with Crippen LogP contribution in [0.2, 0.25) is 0 Å². The summed E-state index contributed by atoms with van der Waals surface area (Å²) >= 11 is 5.02. The monoisotopic (exact) mass is 1060 g/mol. The van der Waals surface area contributed by atoms with E-state index in [9.17, 15) is 9.59 Å². The summed E-state index contributed by atoms with van der Waals surface area (Å²) in [5, 5.41) is 0. The second-order valence-electron chi connectivity index (χ2n) is 18.4. The number of rotatable bonds is 12. The molecule has 384 valence electrons. The molecule has 6 aliphatic rings. The number of hydrogen-bond acceptors (Lipinski definition) is 15. The average molecular weight is 1070 g/mol. The zero-order valence-corrected chi connectivity index (χ0v) is 43.3. The molecule has 12 rings (SSSR count). The van der Waals surface area contributed by atoms with E-state index in [1.54, 1.807) is 47.4 Å². The molecule has 2 fully saturated rings. The fraction of sp³-hybridized carbons (Fsp3) is 0.276. The molecule has 0 atom stereocenters. The Bertz CT molecular complexity index is 3000. The number of morpholine rings is 2. The largest absolute Gasteiger partial charge is 0.378 e. The summed E-state index contributed by atoms with van der Waals surface area (Å²) in [4.78, 5) is 81.2. The third-order valence-corrected chi connectivity index (χ3v) is 17.2. The van der Waals surface area contributed by atoms with Gasteiger partial charge in [0.05, 0.1) is 52.9 Å². The van der Waals surface area contributed by atoms with Crippen LogP contribution < -0.4 is 19.6 Å². The zero-order chi connectivity index (χ0) is 50.5. The maximum atomic E-state index is 13.8. The Balaban J connectivity index is 1.05. The standard InChI is InChI=1S/C58H52N2O12S3/c61-53(59-21-29-63-30-22-59)15-5-37-3-13-51(57(73-45-7-11-49-41(35-45)19-27-67-71-49)55(37)43-1-9-47-39(33-43)17-25-65-69-47)75-52-14-4-38(6-16-54(62)60-23-31-64-32-24-60)56(44-2-10-48-40(34-44)18-26-66-70-48)58(52)74-46-8-12-50-42(36-46)20-28-68-72-50/h1-16,33-36H,17-32H2. The lowest BCUT2D eigenvalue weighted by molar-refractivity contribution is -0.215. The minimum Gasteiger partial charge on any atom is -0.378 e. The van der Waals surface area contributed by atoms with Crippen molar-refractivity contribution in [1.82, 2.24) is 9.80 Å². The third kappa shape index (κ3) is 11.2. The number of carbonyl (C=O) groups excluding carboxylic acids is 2. The summed E-state index contributed by atoms with van der Waals surface area (Å²) in [6.45, 7) is 5.95. The van der Waals surface area contributed by atoms with Gasteiger partial charge in [-0.15, -0.1) is 0 Å². The normalized spacial score (nSPS) is 17.2. The molecule has 0 aromatic heterocycles. The SMILES string of the molecule is O=C(C=Cc1ccc(Sc2ccc(C=CC(=O)N3CCOCC3)c(-c3ccc4c(c3)CCOO4)c2Sc2ccc3c(c2)CCOO3)c(Sc2ccc3c(c2)CCOO3)c1-c1ccc2c(c1)CCOO2)N1CCOCC1. The summed E-state index contributed by atoms with van der Waals surface area (Å²) in [7, 11) is 0. The molecular formula is C58H52N2O12S3. The van der Waals surface area contributed by atoms with Gasteiger partial charge < -0.3 is 38.8 Å². The first-order valence-corrected chi connectivity index (χ1v) is 27.6. The molecule has 0 N–H and O–H groups in total. The molecule has 0 bridgehead atoms. The van der Waals surface area contributed by atoms with E-state index in [1.807, 2.05) is 46.2 Å². The summed E-state index contributed by atoms with van der Waals surface area (Å²) in [6.07, 6.45) is 10.0. The van der Waals surface area contributed by atoms with Crippen LogP contribution in [0.15, 0.2) is 139 Å². The Morgan fingerprint density at radius 2 is 0.787 bits per heavy atom. The van der Waals surface area contributed by atoms with Gasteiger partial charge in [-0.25, -0.2) is 0 Å². The second kappa shape index (κ2) is 22.9. The van der Waals surface area contributed by atoms with Crippen molar-refractivity contribution in [1.29, 1.82) is 0 Å². The maximum absolute atomic E-state index is 13.8. The fourth-order valence-electron chi connectivity index (χ4n) is 9.69. The van der Waals surface area contributed by atoms with E-state index in [2.05, 4.69) is 72.8 Å². The smallest absolute Gasteiger partial charge is 0.246 e. The predicted molar refractivity (Wildman–Crippen MR) is 283 cm³/mol. The quantitative estimate of drug-likeness (QED) is 0.0850. The molecule has 0 spiro atoms. The van der Waals surface area contributed by atoms with Crippen molar-refractivity contribution in [2.24, 2.45) is 0 Å². The number of nitrogens with zero attached hydrogens (tertiary/aromatic N) is 2. The topological polar surface area (TPSA) is 133 Å². The molecule has 6 aliphatic heterocycles. The van der Waals surface area contributed by atoms with E-state index in [1.165, 1.54) is 0 Å². The van der Waals surface area contributed by atoms with Gasteiger partial charge in [0.1, 0.15) is 0 Å². The van der Waals surface area contributed by atoms with Gasteiger partial charge in [-0.3, -0.25) is 9.59 Å². The molecule has 6 aromatic rings.